The predicted molar refractivity (Wildman–Crippen MR) is 83.5 cm³/mol. The van der Waals surface area contributed by atoms with E-state index in [0.717, 1.165) is 16.1 Å². The minimum Gasteiger partial charge on any atom is -0.484 e. The number of carbonyl (C=O) groups excluding carboxylic acids is 1. The topological polar surface area (TPSA) is 38.3 Å². The molecule has 0 spiro atoms. The van der Waals surface area contributed by atoms with Gasteiger partial charge in [0.25, 0.3) is 5.91 Å². The first-order chi connectivity index (χ1) is 9.67. The van der Waals surface area contributed by atoms with Crippen molar-refractivity contribution in [3.05, 3.63) is 54.1 Å². The Morgan fingerprint density at radius 2 is 1.95 bits per heavy atom. The highest BCUT2D eigenvalue weighted by molar-refractivity contribution is 7.98. The summed E-state index contributed by atoms with van der Waals surface area (Å²) in [6.07, 6.45) is 2.00. The lowest BCUT2D eigenvalue weighted by atomic mass is 10.2. The fourth-order valence-electron chi connectivity index (χ4n) is 1.68. The van der Waals surface area contributed by atoms with Gasteiger partial charge in [0.1, 0.15) is 5.75 Å². The van der Waals surface area contributed by atoms with Crippen LogP contribution >= 0.6 is 11.8 Å². The first-order valence-corrected chi connectivity index (χ1v) is 7.53. The maximum Gasteiger partial charge on any atom is 0.262 e. The van der Waals surface area contributed by atoms with E-state index in [1.165, 1.54) is 0 Å². The maximum absolute atomic E-state index is 11.8. The summed E-state index contributed by atoms with van der Waals surface area (Å²) in [6, 6.07) is 15.3. The zero-order valence-corrected chi connectivity index (χ0v) is 12.4. The van der Waals surface area contributed by atoms with Gasteiger partial charge in [0.2, 0.25) is 0 Å². The molecule has 2 rings (SSSR count). The highest BCUT2D eigenvalue weighted by Crippen LogP contribution is 2.19. The van der Waals surface area contributed by atoms with Crippen LogP contribution in [0.25, 0.3) is 0 Å². The second kappa shape index (κ2) is 7.01. The molecule has 104 valence electrons. The lowest BCUT2D eigenvalue weighted by Gasteiger charge is -2.08. The van der Waals surface area contributed by atoms with Crippen molar-refractivity contribution < 1.29 is 9.53 Å². The fourth-order valence-corrected chi connectivity index (χ4v) is 2.14. The standard InChI is InChI=1S/C16H17NO2S/c1-12-6-8-14(9-7-12)19-11-16(18)17-13-4-3-5-15(10-13)20-2/h3-10H,11H2,1-2H3,(H,17,18). The molecule has 0 bridgehead atoms. The van der Waals surface area contributed by atoms with Gasteiger partial charge in [0.15, 0.2) is 6.61 Å². The molecule has 3 nitrogen and oxygen atoms in total. The van der Waals surface area contributed by atoms with Crippen molar-refractivity contribution in [1.29, 1.82) is 0 Å². The molecular formula is C16H17NO2S. The van der Waals surface area contributed by atoms with Gasteiger partial charge in [0.05, 0.1) is 0 Å². The molecule has 2 aromatic carbocycles. The van der Waals surface area contributed by atoms with E-state index >= 15 is 0 Å². The monoisotopic (exact) mass is 287 g/mol. The summed E-state index contributed by atoms with van der Waals surface area (Å²) in [5.74, 6) is 0.535. The highest BCUT2D eigenvalue weighted by atomic mass is 32.2. The number of hydrogen-bond acceptors (Lipinski definition) is 3. The SMILES string of the molecule is CSc1cccc(NC(=O)COc2ccc(C)cc2)c1. The maximum atomic E-state index is 11.8. The Hall–Kier alpha value is -1.94. The van der Waals surface area contributed by atoms with Crippen LogP contribution in [0.1, 0.15) is 5.56 Å². The van der Waals surface area contributed by atoms with Gasteiger partial charge in [-0.3, -0.25) is 4.79 Å². The number of hydrogen-bond donors (Lipinski definition) is 1. The first kappa shape index (κ1) is 14.5. The normalized spacial score (nSPS) is 10.1. The molecule has 0 aliphatic rings. The number of thioether (sulfide) groups is 1. The summed E-state index contributed by atoms with van der Waals surface area (Å²) in [5.41, 5.74) is 1.95. The molecule has 4 heteroatoms. The van der Waals surface area contributed by atoms with Gasteiger partial charge < -0.3 is 10.1 Å². The van der Waals surface area contributed by atoms with Gasteiger partial charge in [-0.2, -0.15) is 0 Å². The van der Waals surface area contributed by atoms with E-state index in [9.17, 15) is 4.79 Å². The summed E-state index contributed by atoms with van der Waals surface area (Å²) in [6.45, 7) is 2.02. The zero-order chi connectivity index (χ0) is 14.4. The van der Waals surface area contributed by atoms with E-state index in [-0.39, 0.29) is 12.5 Å². The Kier molecular flexibility index (Phi) is 5.07. The largest absolute Gasteiger partial charge is 0.484 e. The van der Waals surface area contributed by atoms with Crippen LogP contribution in [0.4, 0.5) is 5.69 Å². The first-order valence-electron chi connectivity index (χ1n) is 6.31. The molecule has 1 N–H and O–H groups in total. The second-order valence-electron chi connectivity index (χ2n) is 4.38. The molecule has 0 heterocycles. The molecule has 2 aromatic rings. The molecule has 0 atom stereocenters. The predicted octanol–water partition coefficient (Wildman–Crippen LogP) is 3.73. The van der Waals surface area contributed by atoms with E-state index in [1.807, 2.05) is 61.7 Å². The summed E-state index contributed by atoms with van der Waals surface area (Å²) in [7, 11) is 0. The van der Waals surface area contributed by atoms with Crippen LogP contribution in [0.2, 0.25) is 0 Å². The third kappa shape index (κ3) is 4.31. The Morgan fingerprint density at radius 3 is 2.65 bits per heavy atom. The van der Waals surface area contributed by atoms with Crippen LogP contribution in [0.15, 0.2) is 53.4 Å². The molecule has 0 fully saturated rings. The number of rotatable bonds is 5. The molecule has 0 saturated heterocycles. The summed E-state index contributed by atoms with van der Waals surface area (Å²) in [5, 5.41) is 2.82. The molecule has 0 saturated carbocycles. The van der Waals surface area contributed by atoms with Crippen LogP contribution in [-0.4, -0.2) is 18.8 Å². The van der Waals surface area contributed by atoms with E-state index < -0.39 is 0 Å². The number of amides is 1. The van der Waals surface area contributed by atoms with Crippen molar-refractivity contribution in [2.45, 2.75) is 11.8 Å². The Balaban J connectivity index is 1.87. The highest BCUT2D eigenvalue weighted by Gasteiger charge is 2.04. The van der Waals surface area contributed by atoms with Gasteiger partial charge in [0, 0.05) is 10.6 Å². The van der Waals surface area contributed by atoms with Gasteiger partial charge in [-0.15, -0.1) is 11.8 Å². The minimum atomic E-state index is -0.163. The fraction of sp³-hybridized carbons (Fsp3) is 0.188. The van der Waals surface area contributed by atoms with Crippen LogP contribution in [0.5, 0.6) is 5.75 Å². The number of anilines is 1. The third-order valence-corrected chi connectivity index (χ3v) is 3.47. The second-order valence-corrected chi connectivity index (χ2v) is 5.26. The molecule has 0 radical (unpaired) electrons. The van der Waals surface area contributed by atoms with Crippen LogP contribution in [0, 0.1) is 6.92 Å². The number of carbonyl (C=O) groups is 1. The quantitative estimate of drug-likeness (QED) is 0.851. The van der Waals surface area contributed by atoms with Crippen molar-refractivity contribution in [2.75, 3.05) is 18.2 Å². The molecule has 0 unspecified atom stereocenters. The van der Waals surface area contributed by atoms with Crippen molar-refractivity contribution in [3.8, 4) is 5.75 Å². The Morgan fingerprint density at radius 1 is 1.20 bits per heavy atom. The number of ether oxygens (including phenoxy) is 1. The summed E-state index contributed by atoms with van der Waals surface area (Å²) >= 11 is 1.64. The van der Waals surface area contributed by atoms with Gasteiger partial charge in [-0.25, -0.2) is 0 Å². The smallest absolute Gasteiger partial charge is 0.262 e. The molecule has 1 amide bonds. The van der Waals surface area contributed by atoms with Crippen LogP contribution in [0.3, 0.4) is 0 Å². The Bertz CT molecular complexity index is 581. The average Bonchev–Trinajstić information content (AvgIpc) is 2.47. The minimum absolute atomic E-state index is 0.00650. The summed E-state index contributed by atoms with van der Waals surface area (Å²) in [4.78, 5) is 12.9. The molecular weight excluding hydrogens is 270 g/mol. The van der Waals surface area contributed by atoms with E-state index in [2.05, 4.69) is 5.32 Å². The molecule has 0 aromatic heterocycles. The van der Waals surface area contributed by atoms with Crippen molar-refractivity contribution in [1.82, 2.24) is 0 Å². The van der Waals surface area contributed by atoms with Gasteiger partial charge >= 0.3 is 0 Å². The molecule has 0 aliphatic carbocycles. The molecule has 0 aliphatic heterocycles. The van der Waals surface area contributed by atoms with E-state index in [4.69, 9.17) is 4.74 Å². The van der Waals surface area contributed by atoms with Gasteiger partial charge in [-0.05, 0) is 43.5 Å². The van der Waals surface area contributed by atoms with Crippen molar-refractivity contribution >= 4 is 23.4 Å². The lowest BCUT2D eigenvalue weighted by molar-refractivity contribution is -0.118. The number of benzene rings is 2. The zero-order valence-electron chi connectivity index (χ0n) is 11.6. The molecule has 20 heavy (non-hydrogen) atoms. The van der Waals surface area contributed by atoms with Crippen LogP contribution in [-0.2, 0) is 4.79 Å². The van der Waals surface area contributed by atoms with E-state index in [0.29, 0.717) is 5.75 Å². The average molecular weight is 287 g/mol. The summed E-state index contributed by atoms with van der Waals surface area (Å²) < 4.78 is 5.43. The number of nitrogens with one attached hydrogen (secondary N) is 1. The van der Waals surface area contributed by atoms with Crippen LogP contribution < -0.4 is 10.1 Å². The van der Waals surface area contributed by atoms with Crippen molar-refractivity contribution in [3.63, 3.8) is 0 Å². The third-order valence-electron chi connectivity index (χ3n) is 2.74. The van der Waals surface area contributed by atoms with Gasteiger partial charge in [-0.1, -0.05) is 23.8 Å². The lowest BCUT2D eigenvalue weighted by Crippen LogP contribution is -2.20. The number of aryl methyl sites for hydroxylation is 1. The Labute approximate surface area is 123 Å². The van der Waals surface area contributed by atoms with Crippen molar-refractivity contribution in [2.24, 2.45) is 0 Å². The van der Waals surface area contributed by atoms with E-state index in [1.54, 1.807) is 11.8 Å².